The zero-order valence-corrected chi connectivity index (χ0v) is 12.5. The van der Waals surface area contributed by atoms with Crippen LogP contribution in [0.4, 0.5) is 4.79 Å². The molecule has 0 bridgehead atoms. The molecule has 0 unspecified atom stereocenters. The Bertz CT molecular complexity index is 51.1. The molecule has 0 heterocycles. The van der Waals surface area contributed by atoms with Crippen LogP contribution in [0, 0.1) is 0 Å². The number of carboxylic acid groups (broad SMARTS) is 2. The predicted octanol–water partition coefficient (Wildman–Crippen LogP) is -9.80. The average molecular weight is 219 g/mol. The van der Waals surface area contributed by atoms with Gasteiger partial charge < -0.3 is 35.7 Å². The van der Waals surface area contributed by atoms with E-state index in [4.69, 9.17) is 15.0 Å². The van der Waals surface area contributed by atoms with E-state index in [9.17, 15) is 0 Å². The molecule has 0 spiro atoms. The first-order valence-corrected chi connectivity index (χ1v) is 0.612. The van der Waals surface area contributed by atoms with Gasteiger partial charge in [0, 0.05) is 0 Å². The summed E-state index contributed by atoms with van der Waals surface area (Å²) in [5.41, 5.74) is 0. The fourth-order valence-electron chi connectivity index (χ4n) is 0. The molecule has 0 fully saturated rings. The summed E-state index contributed by atoms with van der Waals surface area (Å²) in [6.45, 7) is 0. The average Bonchev–Trinajstić information content (AvgIpc) is 0.811. The second-order valence-electron chi connectivity index (χ2n) is 0.250. The largest absolute Gasteiger partial charge is 2.00 e. The van der Waals surface area contributed by atoms with Crippen molar-refractivity contribution in [3.8, 4) is 0 Å². The smallest absolute Gasteiger partial charge is 1.00 e. The number of carbonyl (C=O) groups is 1. The van der Waals surface area contributed by atoms with E-state index in [1.165, 1.54) is 0 Å². The zero-order valence-electron chi connectivity index (χ0n) is 7.02. The van der Waals surface area contributed by atoms with Crippen molar-refractivity contribution < 1.29 is 87.1 Å². The van der Waals surface area contributed by atoms with Crippen LogP contribution in [0.5, 0.6) is 0 Å². The van der Waals surface area contributed by atoms with Gasteiger partial charge in [0.1, 0.15) is 0 Å². The number of hydrogen-bond donors (Lipinski definition) is 0. The molecule has 8 heteroatoms. The third kappa shape index (κ3) is 93.1. The Morgan fingerprint density at radius 3 is 1.33 bits per heavy atom. The van der Waals surface area contributed by atoms with E-state index < -0.39 is 6.16 Å². The van der Waals surface area contributed by atoms with Gasteiger partial charge in [-0.05, 0) is 6.16 Å². The minimum Gasteiger partial charge on any atom is -1.00 e. The number of halogens is 1. The molecule has 44 valence electrons. The van der Waals surface area contributed by atoms with Crippen molar-refractivity contribution in [2.75, 3.05) is 0 Å². The summed E-state index contributed by atoms with van der Waals surface area (Å²) in [7, 11) is 0. The molecule has 0 aromatic heterocycles. The Hall–Kier alpha value is 3.18. The molecule has 0 amide bonds. The van der Waals surface area contributed by atoms with Gasteiger partial charge >= 0.3 is 112 Å². The molecule has 0 aliphatic heterocycles. The molecule has 4 nitrogen and oxygen atoms in total. The molecule has 0 saturated carbocycles. The van der Waals surface area contributed by atoms with Gasteiger partial charge in [-0.3, -0.25) is 0 Å². The van der Waals surface area contributed by atoms with E-state index in [0.717, 1.165) is 0 Å². The van der Waals surface area contributed by atoms with Gasteiger partial charge in [0.05, 0.1) is 0 Å². The van der Waals surface area contributed by atoms with Crippen LogP contribution in [-0.4, -0.2) is 72.4 Å². The van der Waals surface area contributed by atoms with Crippen molar-refractivity contribution >= 4 is 66.9 Å². The van der Waals surface area contributed by atoms with Crippen LogP contribution in [-0.2, 0) is 0 Å². The summed E-state index contributed by atoms with van der Waals surface area (Å²) in [6, 6.07) is 0. The van der Waals surface area contributed by atoms with Gasteiger partial charge in [-0.25, -0.2) is 0 Å². The normalized spacial score (nSPS) is 2.67. The van der Waals surface area contributed by atoms with Crippen LogP contribution >= 0.6 is 0 Å². The van der Waals surface area contributed by atoms with Crippen molar-refractivity contribution in [2.24, 2.45) is 0 Å². The topological polar surface area (TPSA) is 94.7 Å². The maximum Gasteiger partial charge on any atom is 2.00 e. The van der Waals surface area contributed by atoms with Crippen LogP contribution in [0.3, 0.4) is 0 Å². The first-order chi connectivity index (χ1) is 1.73. The van der Waals surface area contributed by atoms with E-state index in [2.05, 4.69) is 0 Å². The van der Waals surface area contributed by atoms with Gasteiger partial charge in [-0.15, -0.1) is 0 Å². The molecule has 0 saturated heterocycles. The molecule has 0 atom stereocenters. The minimum atomic E-state index is -2.33. The molecule has 0 aliphatic rings. The Balaban J connectivity index is -0.00000000214. The summed E-state index contributed by atoms with van der Waals surface area (Å²) in [5, 5.41) is 16.7. The number of rotatable bonds is 0. The number of carbonyl (C=O) groups excluding carboxylic acids is 1. The van der Waals surface area contributed by atoms with Gasteiger partial charge in [0.2, 0.25) is 0 Å². The minimum absolute atomic E-state index is 0. The van der Waals surface area contributed by atoms with E-state index in [1.54, 1.807) is 0 Å². The predicted molar refractivity (Wildman–Crippen MR) is 22.7 cm³/mol. The summed E-state index contributed by atoms with van der Waals surface area (Å²) in [4.78, 5) is 8.33. The molecule has 0 rings (SSSR count). The van der Waals surface area contributed by atoms with Crippen LogP contribution in [0.25, 0.3) is 0 Å². The van der Waals surface area contributed by atoms with Crippen LogP contribution in [0.15, 0.2) is 0 Å². The first kappa shape index (κ1) is 39.9. The number of hydrogen-bond acceptors (Lipinski definition) is 3. The Morgan fingerprint density at radius 1 is 1.33 bits per heavy atom. The van der Waals surface area contributed by atoms with Gasteiger partial charge in [0.15, 0.2) is 0 Å². The van der Waals surface area contributed by atoms with Gasteiger partial charge in [-0.2, -0.15) is 0 Å². The molecule has 0 aliphatic carbocycles. The monoisotopic (exact) mass is 218 g/mol. The molecule has 2 N–H and O–H groups in total. The summed E-state index contributed by atoms with van der Waals surface area (Å²) in [5.74, 6) is 0. The summed E-state index contributed by atoms with van der Waals surface area (Å²) >= 11 is 0. The fraction of sp³-hybridized carbons (Fsp3) is 0. The molecular formula is CH4CaClKMgO4. The summed E-state index contributed by atoms with van der Waals surface area (Å²) in [6.07, 6.45) is -2.33. The van der Waals surface area contributed by atoms with Gasteiger partial charge in [-0.1, -0.05) is 0 Å². The second-order valence-corrected chi connectivity index (χ2v) is 0.250. The second kappa shape index (κ2) is 30.3. The maximum atomic E-state index is 8.33. The van der Waals surface area contributed by atoms with E-state index in [0.29, 0.717) is 0 Å². The maximum absolute atomic E-state index is 8.33. The van der Waals surface area contributed by atoms with Crippen LogP contribution < -0.4 is 74.0 Å². The van der Waals surface area contributed by atoms with Crippen molar-refractivity contribution in [2.45, 2.75) is 0 Å². The molecule has 0 aromatic rings. The fourth-order valence-corrected chi connectivity index (χ4v) is 0. The third-order valence-electron chi connectivity index (χ3n) is 0. The van der Waals surface area contributed by atoms with Crippen molar-refractivity contribution in [1.82, 2.24) is 0 Å². The van der Waals surface area contributed by atoms with Crippen molar-refractivity contribution in [1.29, 1.82) is 0 Å². The SMILES string of the molecule is O.O=C([O-])[O-].[Ca+2].[Cl-].[H-].[H-].[K+].[Mg+2]. The third-order valence-corrected chi connectivity index (χ3v) is 0. The van der Waals surface area contributed by atoms with Crippen molar-refractivity contribution in [3.05, 3.63) is 0 Å². The quantitative estimate of drug-likeness (QED) is 0.378. The van der Waals surface area contributed by atoms with E-state index >= 15 is 0 Å². The molecule has 0 radical (unpaired) electrons. The van der Waals surface area contributed by atoms with E-state index in [1.807, 2.05) is 0 Å². The summed E-state index contributed by atoms with van der Waals surface area (Å²) < 4.78 is 0. The van der Waals surface area contributed by atoms with Crippen LogP contribution in [0.2, 0.25) is 0 Å². The Labute approximate surface area is 150 Å². The van der Waals surface area contributed by atoms with Crippen molar-refractivity contribution in [3.63, 3.8) is 0 Å². The molecule has 9 heavy (non-hydrogen) atoms. The van der Waals surface area contributed by atoms with Gasteiger partial charge in [0.25, 0.3) is 0 Å². The molecular weight excluding hydrogens is 215 g/mol. The first-order valence-electron chi connectivity index (χ1n) is 0.612. The Morgan fingerprint density at radius 2 is 1.33 bits per heavy atom. The zero-order chi connectivity index (χ0) is 3.58. The molecule has 0 aromatic carbocycles. The van der Waals surface area contributed by atoms with Crippen LogP contribution in [0.1, 0.15) is 2.85 Å². The Kier molecular flexibility index (Phi) is 134. The standard InChI is InChI=1S/CH2O3.Ca.ClH.K.Mg.H2O.2H/c2-1(3)4;;;;;;;/h(H2,2,3,4);;1H;;;1H2;;/q;+2;;+1;+2;;2*-1/p-3. The van der Waals surface area contributed by atoms with E-state index in [-0.39, 0.29) is 133 Å².